The van der Waals surface area contributed by atoms with Crippen molar-refractivity contribution in [3.05, 3.63) is 23.9 Å². The van der Waals surface area contributed by atoms with Crippen LogP contribution >= 0.6 is 11.8 Å². The number of nitrogens with zero attached hydrogens (tertiary/aromatic N) is 1. The molecule has 7 heteroatoms. The minimum Gasteiger partial charge on any atom is -0.469 e. The number of alkyl halides is 3. The first-order valence-corrected chi connectivity index (χ1v) is 7.07. The Labute approximate surface area is 118 Å². The first-order chi connectivity index (χ1) is 9.36. The molecule has 1 aliphatic carbocycles. The summed E-state index contributed by atoms with van der Waals surface area (Å²) >= 11 is 1.06. The largest absolute Gasteiger partial charge is 0.469 e. The molecule has 0 radical (unpaired) electrons. The molecular weight excluding hydrogens is 291 g/mol. The zero-order valence-electron chi connectivity index (χ0n) is 10.9. The van der Waals surface area contributed by atoms with Crippen LogP contribution in [0, 0.1) is 5.41 Å². The quantitative estimate of drug-likeness (QED) is 0.616. The second kappa shape index (κ2) is 5.63. The van der Waals surface area contributed by atoms with Crippen molar-refractivity contribution < 1.29 is 22.7 Å². The van der Waals surface area contributed by atoms with Gasteiger partial charge in [-0.15, -0.1) is 11.8 Å². The molecule has 2 rings (SSSR count). The van der Waals surface area contributed by atoms with E-state index in [9.17, 15) is 18.0 Å². The van der Waals surface area contributed by atoms with E-state index in [1.165, 1.54) is 19.4 Å². The highest BCUT2D eigenvalue weighted by Gasteiger charge is 2.45. The van der Waals surface area contributed by atoms with Crippen LogP contribution in [0.25, 0.3) is 0 Å². The average Bonchev–Trinajstić information content (AvgIpc) is 3.16. The van der Waals surface area contributed by atoms with Gasteiger partial charge in [-0.1, -0.05) is 0 Å². The van der Waals surface area contributed by atoms with Crippen molar-refractivity contribution in [2.24, 2.45) is 5.41 Å². The molecule has 3 nitrogen and oxygen atoms in total. The normalized spacial score (nSPS) is 16.8. The van der Waals surface area contributed by atoms with Gasteiger partial charge in [-0.3, -0.25) is 4.79 Å². The minimum atomic E-state index is -4.41. The third-order valence-corrected chi connectivity index (χ3v) is 4.65. The third-order valence-electron chi connectivity index (χ3n) is 3.30. The summed E-state index contributed by atoms with van der Waals surface area (Å²) in [6.07, 6.45) is -1.13. The number of esters is 1. The molecule has 0 aromatic carbocycles. The first kappa shape index (κ1) is 15.2. The Bertz CT molecular complexity index is 501. The van der Waals surface area contributed by atoms with Crippen LogP contribution in [0.1, 0.15) is 24.8 Å². The van der Waals surface area contributed by atoms with Crippen LogP contribution in [0.4, 0.5) is 13.2 Å². The smallest absolute Gasteiger partial charge is 0.419 e. The maximum Gasteiger partial charge on any atom is 0.419 e. The molecule has 110 valence electrons. The number of methoxy groups -OCH3 is 1. The summed E-state index contributed by atoms with van der Waals surface area (Å²) in [4.78, 5) is 15.1. The molecule has 1 saturated carbocycles. The van der Waals surface area contributed by atoms with E-state index in [1.54, 1.807) is 0 Å². The summed E-state index contributed by atoms with van der Waals surface area (Å²) in [5.74, 6) is 0.127. The fraction of sp³-hybridized carbons (Fsp3) is 0.538. The summed E-state index contributed by atoms with van der Waals surface area (Å²) in [5, 5.41) is -0.0314. The van der Waals surface area contributed by atoms with E-state index in [1.807, 2.05) is 0 Å². The van der Waals surface area contributed by atoms with Crippen LogP contribution in [0.5, 0.6) is 0 Å². The van der Waals surface area contributed by atoms with Gasteiger partial charge in [0.15, 0.2) is 0 Å². The number of rotatable bonds is 5. The highest BCUT2D eigenvalue weighted by Crippen LogP contribution is 2.52. The Morgan fingerprint density at radius 1 is 1.50 bits per heavy atom. The molecule has 1 aromatic rings. The fourth-order valence-electron chi connectivity index (χ4n) is 1.87. The van der Waals surface area contributed by atoms with Gasteiger partial charge in [0.2, 0.25) is 0 Å². The number of carbonyl (C=O) groups excluding carboxylic acids is 1. The number of pyridine rings is 1. The maximum atomic E-state index is 12.8. The lowest BCUT2D eigenvalue weighted by Crippen LogP contribution is -2.14. The third kappa shape index (κ3) is 3.65. The van der Waals surface area contributed by atoms with Crippen LogP contribution in [-0.4, -0.2) is 23.8 Å². The van der Waals surface area contributed by atoms with Crippen LogP contribution in [-0.2, 0) is 15.7 Å². The number of thioether (sulfide) groups is 1. The lowest BCUT2D eigenvalue weighted by molar-refractivity contribution is -0.142. The summed E-state index contributed by atoms with van der Waals surface area (Å²) in [7, 11) is 1.31. The Balaban J connectivity index is 2.03. The monoisotopic (exact) mass is 305 g/mol. The van der Waals surface area contributed by atoms with Crippen molar-refractivity contribution in [3.8, 4) is 0 Å². The van der Waals surface area contributed by atoms with Crippen molar-refractivity contribution in [2.75, 3.05) is 12.9 Å². The van der Waals surface area contributed by atoms with Crippen molar-refractivity contribution in [2.45, 2.75) is 30.5 Å². The van der Waals surface area contributed by atoms with Crippen LogP contribution in [0.3, 0.4) is 0 Å². The highest BCUT2D eigenvalue weighted by atomic mass is 32.2. The highest BCUT2D eigenvalue weighted by molar-refractivity contribution is 7.99. The van der Waals surface area contributed by atoms with E-state index in [0.717, 1.165) is 30.7 Å². The molecule has 0 saturated heterocycles. The Hall–Kier alpha value is -1.24. The predicted octanol–water partition coefficient (Wildman–Crippen LogP) is 3.54. The fourth-order valence-corrected chi connectivity index (χ4v) is 3.18. The zero-order valence-corrected chi connectivity index (χ0v) is 11.7. The van der Waals surface area contributed by atoms with E-state index < -0.39 is 11.7 Å². The number of hydrogen-bond donors (Lipinski definition) is 0. The number of carbonyl (C=O) groups is 1. The average molecular weight is 305 g/mol. The van der Waals surface area contributed by atoms with Crippen LogP contribution in [0.15, 0.2) is 23.4 Å². The summed E-state index contributed by atoms with van der Waals surface area (Å²) in [6.45, 7) is 0. The van der Waals surface area contributed by atoms with E-state index in [0.29, 0.717) is 5.75 Å². The molecule has 1 aliphatic rings. The van der Waals surface area contributed by atoms with E-state index in [2.05, 4.69) is 9.72 Å². The standard InChI is InChI=1S/C13H14F3NO2S/c1-19-10(18)7-12(4-5-12)8-20-11-9(13(14,15)16)3-2-6-17-11/h2-3,6H,4-5,7-8H2,1H3. The maximum absolute atomic E-state index is 12.8. The number of aromatic nitrogens is 1. The van der Waals surface area contributed by atoms with Gasteiger partial charge in [-0.25, -0.2) is 4.98 Å². The first-order valence-electron chi connectivity index (χ1n) is 6.08. The van der Waals surface area contributed by atoms with E-state index in [4.69, 9.17) is 0 Å². The molecule has 1 fully saturated rings. The van der Waals surface area contributed by atoms with Gasteiger partial charge in [0.1, 0.15) is 5.03 Å². The summed E-state index contributed by atoms with van der Waals surface area (Å²) < 4.78 is 43.1. The molecule has 20 heavy (non-hydrogen) atoms. The van der Waals surface area contributed by atoms with Gasteiger partial charge < -0.3 is 4.74 Å². The number of hydrogen-bond acceptors (Lipinski definition) is 4. The second-order valence-electron chi connectivity index (χ2n) is 4.90. The van der Waals surface area contributed by atoms with E-state index >= 15 is 0 Å². The number of halogens is 3. The molecule has 0 amide bonds. The molecular formula is C13H14F3NO2S. The molecule has 1 aromatic heterocycles. The van der Waals surface area contributed by atoms with Gasteiger partial charge in [0, 0.05) is 11.9 Å². The van der Waals surface area contributed by atoms with Crippen molar-refractivity contribution in [1.82, 2.24) is 4.98 Å². The Morgan fingerprint density at radius 3 is 2.75 bits per heavy atom. The minimum absolute atomic E-state index is 0.0314. The molecule has 0 spiro atoms. The van der Waals surface area contributed by atoms with Gasteiger partial charge in [0.05, 0.1) is 19.1 Å². The van der Waals surface area contributed by atoms with Gasteiger partial charge >= 0.3 is 12.1 Å². The molecule has 0 bridgehead atoms. The van der Waals surface area contributed by atoms with Crippen LogP contribution in [0.2, 0.25) is 0 Å². The Kier molecular flexibility index (Phi) is 4.27. The SMILES string of the molecule is COC(=O)CC1(CSc2ncccc2C(F)(F)F)CC1. The second-order valence-corrected chi connectivity index (χ2v) is 5.86. The summed E-state index contributed by atoms with van der Waals surface area (Å²) in [5.41, 5.74) is -0.947. The van der Waals surface area contributed by atoms with Crippen molar-refractivity contribution in [3.63, 3.8) is 0 Å². The predicted molar refractivity (Wildman–Crippen MR) is 68.3 cm³/mol. The zero-order chi connectivity index (χ0) is 14.8. The van der Waals surface area contributed by atoms with Gasteiger partial charge in [-0.05, 0) is 30.4 Å². The van der Waals surface area contributed by atoms with Crippen molar-refractivity contribution >= 4 is 17.7 Å². The van der Waals surface area contributed by atoms with Crippen molar-refractivity contribution in [1.29, 1.82) is 0 Å². The number of ether oxygens (including phenoxy) is 1. The molecule has 0 unspecified atom stereocenters. The van der Waals surface area contributed by atoms with E-state index in [-0.39, 0.29) is 22.8 Å². The Morgan fingerprint density at radius 2 is 2.20 bits per heavy atom. The molecule has 0 N–H and O–H groups in total. The van der Waals surface area contributed by atoms with Gasteiger partial charge in [0.25, 0.3) is 0 Å². The molecule has 1 heterocycles. The van der Waals surface area contributed by atoms with Crippen LogP contribution < -0.4 is 0 Å². The topological polar surface area (TPSA) is 39.2 Å². The molecule has 0 atom stereocenters. The van der Waals surface area contributed by atoms with Gasteiger partial charge in [-0.2, -0.15) is 13.2 Å². The summed E-state index contributed by atoms with van der Waals surface area (Å²) in [6, 6.07) is 2.30. The lowest BCUT2D eigenvalue weighted by atomic mass is 10.1. The lowest BCUT2D eigenvalue weighted by Gasteiger charge is -2.15. The molecule has 0 aliphatic heterocycles.